The van der Waals surface area contributed by atoms with Gasteiger partial charge in [-0.05, 0) is 57.6 Å². The number of pyridine rings is 1. The molecule has 0 atom stereocenters. The molecule has 1 heterocycles. The van der Waals surface area contributed by atoms with Crippen molar-refractivity contribution in [3.05, 3.63) is 20.4 Å². The van der Waals surface area contributed by atoms with Crippen molar-refractivity contribution < 1.29 is 4.74 Å². The molecule has 0 saturated heterocycles. The number of aromatic nitrogens is 1. The Hall–Kier alpha value is 0.160. The molecule has 0 saturated carbocycles. The molecule has 0 amide bonds. The van der Waals surface area contributed by atoms with Gasteiger partial charge in [0.05, 0.1) is 6.61 Å². The summed E-state index contributed by atoms with van der Waals surface area (Å²) in [6.07, 6.45) is 0. The second-order valence-corrected chi connectivity index (χ2v) is 3.71. The Balaban J connectivity index is 2.90. The van der Waals surface area contributed by atoms with Gasteiger partial charge >= 0.3 is 0 Å². The predicted molar refractivity (Wildman–Crippen MR) is 55.8 cm³/mol. The summed E-state index contributed by atoms with van der Waals surface area (Å²) in [4.78, 5) is 4.17. The highest BCUT2D eigenvalue weighted by Gasteiger charge is 2.00. The van der Waals surface area contributed by atoms with E-state index in [9.17, 15) is 0 Å². The zero-order chi connectivity index (χ0) is 8.27. The second kappa shape index (κ2) is 4.25. The minimum Gasteiger partial charge on any atom is -0.491 e. The fourth-order valence-corrected chi connectivity index (χ4v) is 1.85. The lowest BCUT2D eigenvalue weighted by atomic mass is 10.5. The number of ether oxygens (including phenoxy) is 1. The lowest BCUT2D eigenvalue weighted by Crippen LogP contribution is -1.94. The van der Waals surface area contributed by atoms with Crippen LogP contribution in [-0.2, 0) is 0 Å². The molecule has 2 nitrogen and oxygen atoms in total. The third kappa shape index (κ3) is 2.59. The van der Waals surface area contributed by atoms with Crippen molar-refractivity contribution in [2.24, 2.45) is 0 Å². The van der Waals surface area contributed by atoms with Crippen LogP contribution in [-0.4, -0.2) is 11.6 Å². The van der Waals surface area contributed by atoms with Gasteiger partial charge in [-0.1, -0.05) is 0 Å². The normalized spacial score (nSPS) is 9.73. The Kier molecular flexibility index (Phi) is 3.58. The maximum Gasteiger partial charge on any atom is 0.152 e. The topological polar surface area (TPSA) is 22.1 Å². The van der Waals surface area contributed by atoms with Crippen LogP contribution in [0.15, 0.2) is 16.7 Å². The summed E-state index contributed by atoms with van der Waals surface area (Å²) in [5.41, 5.74) is 0. The van der Waals surface area contributed by atoms with Crippen molar-refractivity contribution in [2.75, 3.05) is 6.61 Å². The largest absolute Gasteiger partial charge is 0.491 e. The Bertz CT molecular complexity index is 254. The van der Waals surface area contributed by atoms with Crippen LogP contribution in [0.1, 0.15) is 6.92 Å². The highest BCUT2D eigenvalue weighted by molar-refractivity contribution is 14.1. The molecule has 0 aliphatic rings. The maximum atomic E-state index is 5.28. The summed E-state index contributed by atoms with van der Waals surface area (Å²) < 4.78 is 7.01. The number of halogens is 2. The van der Waals surface area contributed by atoms with Gasteiger partial charge in [-0.3, -0.25) is 0 Å². The first-order valence-corrected chi connectivity index (χ1v) is 5.06. The zero-order valence-corrected chi connectivity index (χ0v) is 9.72. The number of hydrogen-bond acceptors (Lipinski definition) is 2. The third-order valence-electron chi connectivity index (χ3n) is 1.08. The fourth-order valence-electron chi connectivity index (χ4n) is 0.663. The minimum atomic E-state index is 0.668. The van der Waals surface area contributed by atoms with Gasteiger partial charge in [-0.15, -0.1) is 0 Å². The number of nitrogens with zero attached hydrogens (tertiary/aromatic N) is 1. The quantitative estimate of drug-likeness (QED) is 0.615. The Morgan fingerprint density at radius 1 is 1.64 bits per heavy atom. The monoisotopic (exact) mass is 327 g/mol. The molecule has 1 aromatic heterocycles. The van der Waals surface area contributed by atoms with E-state index < -0.39 is 0 Å². The van der Waals surface area contributed by atoms with Crippen molar-refractivity contribution in [2.45, 2.75) is 6.92 Å². The van der Waals surface area contributed by atoms with Crippen LogP contribution in [0.25, 0.3) is 0 Å². The van der Waals surface area contributed by atoms with E-state index in [1.54, 1.807) is 0 Å². The summed E-state index contributed by atoms with van der Waals surface area (Å²) in [5, 5.41) is 0. The van der Waals surface area contributed by atoms with E-state index in [1.807, 2.05) is 19.1 Å². The first kappa shape index (κ1) is 9.25. The van der Waals surface area contributed by atoms with Gasteiger partial charge in [0, 0.05) is 0 Å². The number of rotatable bonds is 2. The molecular formula is C7H7BrINO. The molecule has 4 heteroatoms. The lowest BCUT2D eigenvalue weighted by Gasteiger charge is -2.03. The Labute approximate surface area is 87.6 Å². The molecule has 0 fully saturated rings. The minimum absolute atomic E-state index is 0.668. The van der Waals surface area contributed by atoms with Crippen molar-refractivity contribution in [3.8, 4) is 5.75 Å². The van der Waals surface area contributed by atoms with Crippen LogP contribution >= 0.6 is 38.5 Å². The van der Waals surface area contributed by atoms with Crippen molar-refractivity contribution in [1.82, 2.24) is 4.98 Å². The van der Waals surface area contributed by atoms with Gasteiger partial charge < -0.3 is 4.74 Å². The van der Waals surface area contributed by atoms with Crippen LogP contribution in [0.5, 0.6) is 5.75 Å². The SMILES string of the molecule is CCOc1ccc(I)nc1Br. The van der Waals surface area contributed by atoms with Gasteiger partial charge in [0.25, 0.3) is 0 Å². The Morgan fingerprint density at radius 2 is 2.36 bits per heavy atom. The molecule has 0 bridgehead atoms. The summed E-state index contributed by atoms with van der Waals surface area (Å²) in [7, 11) is 0. The average Bonchev–Trinajstić information content (AvgIpc) is 1.95. The van der Waals surface area contributed by atoms with Gasteiger partial charge in [-0.25, -0.2) is 4.98 Å². The molecule has 0 N–H and O–H groups in total. The highest BCUT2D eigenvalue weighted by atomic mass is 127. The molecule has 0 aromatic carbocycles. The van der Waals surface area contributed by atoms with Crippen molar-refractivity contribution in [1.29, 1.82) is 0 Å². The standard InChI is InChI=1S/C7H7BrINO/c1-2-11-5-3-4-6(9)10-7(5)8/h3-4H,2H2,1H3. The first-order chi connectivity index (χ1) is 5.24. The van der Waals surface area contributed by atoms with Crippen LogP contribution in [0.4, 0.5) is 0 Å². The third-order valence-corrected chi connectivity index (χ3v) is 2.25. The van der Waals surface area contributed by atoms with Crippen molar-refractivity contribution in [3.63, 3.8) is 0 Å². The van der Waals surface area contributed by atoms with E-state index in [0.717, 1.165) is 14.1 Å². The summed E-state index contributed by atoms with van der Waals surface area (Å²) in [5.74, 6) is 0.799. The van der Waals surface area contributed by atoms with Crippen molar-refractivity contribution >= 4 is 38.5 Å². The molecule has 0 aliphatic carbocycles. The first-order valence-electron chi connectivity index (χ1n) is 3.19. The smallest absolute Gasteiger partial charge is 0.152 e. The van der Waals surface area contributed by atoms with Gasteiger partial charge in [0.15, 0.2) is 5.75 Å². The van der Waals surface area contributed by atoms with Gasteiger partial charge in [0.1, 0.15) is 8.30 Å². The number of hydrogen-bond donors (Lipinski definition) is 0. The molecule has 1 rings (SSSR count). The summed E-state index contributed by atoms with van der Waals surface area (Å²) in [6, 6.07) is 3.82. The molecule has 0 spiro atoms. The maximum absolute atomic E-state index is 5.28. The average molecular weight is 328 g/mol. The molecular weight excluding hydrogens is 321 g/mol. The van der Waals surface area contributed by atoms with Crippen LogP contribution in [0, 0.1) is 3.70 Å². The second-order valence-electron chi connectivity index (χ2n) is 1.86. The van der Waals surface area contributed by atoms with Gasteiger partial charge in [-0.2, -0.15) is 0 Å². The highest BCUT2D eigenvalue weighted by Crippen LogP contribution is 2.22. The van der Waals surface area contributed by atoms with Crippen LogP contribution in [0.3, 0.4) is 0 Å². The van der Waals surface area contributed by atoms with E-state index in [4.69, 9.17) is 4.74 Å². The van der Waals surface area contributed by atoms with E-state index in [2.05, 4.69) is 43.5 Å². The lowest BCUT2D eigenvalue weighted by molar-refractivity contribution is 0.336. The molecule has 0 unspecified atom stereocenters. The molecule has 0 radical (unpaired) electrons. The van der Waals surface area contributed by atoms with E-state index in [1.165, 1.54) is 0 Å². The molecule has 1 aromatic rings. The van der Waals surface area contributed by atoms with E-state index in [-0.39, 0.29) is 0 Å². The fraction of sp³-hybridized carbons (Fsp3) is 0.286. The molecule has 11 heavy (non-hydrogen) atoms. The van der Waals surface area contributed by atoms with Crippen LogP contribution in [0.2, 0.25) is 0 Å². The summed E-state index contributed by atoms with van der Waals surface area (Å²) in [6.45, 7) is 2.62. The van der Waals surface area contributed by atoms with E-state index in [0.29, 0.717) is 6.61 Å². The molecule has 60 valence electrons. The zero-order valence-electron chi connectivity index (χ0n) is 5.97. The van der Waals surface area contributed by atoms with Crippen LogP contribution < -0.4 is 4.74 Å². The van der Waals surface area contributed by atoms with E-state index >= 15 is 0 Å². The molecule has 0 aliphatic heterocycles. The summed E-state index contributed by atoms with van der Waals surface area (Å²) >= 11 is 5.46. The Morgan fingerprint density at radius 3 is 2.91 bits per heavy atom. The predicted octanol–water partition coefficient (Wildman–Crippen LogP) is 2.85. The van der Waals surface area contributed by atoms with Gasteiger partial charge in [0.2, 0.25) is 0 Å².